The summed E-state index contributed by atoms with van der Waals surface area (Å²) in [5, 5.41) is 9.29. The number of rotatable bonds is 4. The highest BCUT2D eigenvalue weighted by Gasteiger charge is 2.34. The second-order valence-corrected chi connectivity index (χ2v) is 8.16. The third kappa shape index (κ3) is 2.92. The number of aliphatic hydroxyl groups excluding tert-OH is 1. The molecular formula is C14H24N2O3S. The molecule has 2 rings (SSSR count). The summed E-state index contributed by atoms with van der Waals surface area (Å²) < 4.78 is 28.8. The highest BCUT2D eigenvalue weighted by molar-refractivity contribution is 7.89. The third-order valence-electron chi connectivity index (χ3n) is 3.97. The van der Waals surface area contributed by atoms with Crippen molar-refractivity contribution in [1.29, 1.82) is 0 Å². The van der Waals surface area contributed by atoms with Crippen molar-refractivity contribution in [3.05, 3.63) is 18.0 Å². The average molecular weight is 300 g/mol. The number of hydrogen-bond acceptors (Lipinski definition) is 3. The molecule has 0 aromatic carbocycles. The van der Waals surface area contributed by atoms with E-state index >= 15 is 0 Å². The van der Waals surface area contributed by atoms with Gasteiger partial charge in [0.05, 0.1) is 6.61 Å². The van der Waals surface area contributed by atoms with Gasteiger partial charge in [-0.05, 0) is 31.2 Å². The number of piperidine rings is 1. The lowest BCUT2D eigenvalue weighted by Gasteiger charge is -2.36. The van der Waals surface area contributed by atoms with Crippen LogP contribution in [0.5, 0.6) is 0 Å². The summed E-state index contributed by atoms with van der Waals surface area (Å²) in [6, 6.07) is 1.58. The molecule has 0 bridgehead atoms. The van der Waals surface area contributed by atoms with Crippen LogP contribution in [0.15, 0.2) is 17.2 Å². The Labute approximate surface area is 121 Å². The summed E-state index contributed by atoms with van der Waals surface area (Å²) in [4.78, 5) is 0.293. The van der Waals surface area contributed by atoms with Gasteiger partial charge in [-0.2, -0.15) is 4.31 Å². The van der Waals surface area contributed by atoms with E-state index in [1.165, 1.54) is 0 Å². The molecule has 1 fully saturated rings. The summed E-state index contributed by atoms with van der Waals surface area (Å²) in [5.41, 5.74) is 0.667. The van der Waals surface area contributed by atoms with Gasteiger partial charge in [-0.3, -0.25) is 0 Å². The first-order chi connectivity index (χ1) is 9.30. The van der Waals surface area contributed by atoms with E-state index in [4.69, 9.17) is 0 Å². The van der Waals surface area contributed by atoms with Gasteiger partial charge in [0.1, 0.15) is 4.90 Å². The summed E-state index contributed by atoms with van der Waals surface area (Å²) in [6.07, 6.45) is 3.58. The Bertz CT molecular complexity index is 554. The van der Waals surface area contributed by atoms with Gasteiger partial charge < -0.3 is 9.67 Å². The fourth-order valence-electron chi connectivity index (χ4n) is 2.82. The van der Waals surface area contributed by atoms with Crippen LogP contribution in [0.25, 0.3) is 0 Å². The average Bonchev–Trinajstić information content (AvgIpc) is 2.81. The van der Waals surface area contributed by atoms with E-state index in [1.54, 1.807) is 21.1 Å². The number of nitrogens with zero attached hydrogens (tertiary/aromatic N) is 2. The molecule has 0 atom stereocenters. The fourth-order valence-corrected chi connectivity index (χ4v) is 4.55. The smallest absolute Gasteiger partial charge is 0.244 e. The minimum atomic E-state index is -3.45. The first-order valence-corrected chi connectivity index (χ1v) is 8.54. The summed E-state index contributed by atoms with van der Waals surface area (Å²) in [6.45, 7) is 7.78. The SMILES string of the molecule is CCn1cc(S(=O)(=O)N2CCCC(C)(C)C2)cc1CO. The van der Waals surface area contributed by atoms with Gasteiger partial charge >= 0.3 is 0 Å². The molecule has 1 aliphatic heterocycles. The zero-order valence-electron chi connectivity index (χ0n) is 12.5. The van der Waals surface area contributed by atoms with Crippen LogP contribution in [0.4, 0.5) is 0 Å². The fraction of sp³-hybridized carbons (Fsp3) is 0.714. The topological polar surface area (TPSA) is 62.5 Å². The summed E-state index contributed by atoms with van der Waals surface area (Å²) in [7, 11) is -3.45. The maximum absolute atomic E-state index is 12.7. The van der Waals surface area contributed by atoms with E-state index in [9.17, 15) is 13.5 Å². The van der Waals surface area contributed by atoms with Gasteiger partial charge in [-0.25, -0.2) is 8.42 Å². The molecule has 0 unspecified atom stereocenters. The highest BCUT2D eigenvalue weighted by Crippen LogP contribution is 2.32. The molecule has 0 saturated carbocycles. The number of aryl methyl sites for hydroxylation is 1. The van der Waals surface area contributed by atoms with E-state index in [1.807, 2.05) is 6.92 Å². The second kappa shape index (κ2) is 5.50. The summed E-state index contributed by atoms with van der Waals surface area (Å²) >= 11 is 0. The molecule has 2 heterocycles. The van der Waals surface area contributed by atoms with Crippen molar-refractivity contribution in [2.45, 2.75) is 51.7 Å². The lowest BCUT2D eigenvalue weighted by atomic mass is 9.85. The molecule has 0 spiro atoms. The van der Waals surface area contributed by atoms with Gasteiger partial charge in [0.2, 0.25) is 10.0 Å². The maximum atomic E-state index is 12.7. The molecule has 0 radical (unpaired) electrons. The minimum Gasteiger partial charge on any atom is -0.390 e. The van der Waals surface area contributed by atoms with Crippen LogP contribution < -0.4 is 0 Å². The third-order valence-corrected chi connectivity index (χ3v) is 5.78. The van der Waals surface area contributed by atoms with Gasteiger partial charge in [-0.1, -0.05) is 13.8 Å². The molecule has 1 N–H and O–H groups in total. The van der Waals surface area contributed by atoms with Crippen molar-refractivity contribution >= 4 is 10.0 Å². The quantitative estimate of drug-likeness (QED) is 0.922. The molecule has 1 saturated heterocycles. The van der Waals surface area contributed by atoms with Crippen molar-refractivity contribution in [2.75, 3.05) is 13.1 Å². The van der Waals surface area contributed by atoms with Crippen molar-refractivity contribution in [2.24, 2.45) is 5.41 Å². The van der Waals surface area contributed by atoms with E-state index in [0.29, 0.717) is 30.2 Å². The van der Waals surface area contributed by atoms with Crippen molar-refractivity contribution in [3.63, 3.8) is 0 Å². The van der Waals surface area contributed by atoms with E-state index in [-0.39, 0.29) is 12.0 Å². The molecule has 1 aromatic heterocycles. The number of sulfonamides is 1. The van der Waals surface area contributed by atoms with Crippen molar-refractivity contribution < 1.29 is 13.5 Å². The first kappa shape index (κ1) is 15.5. The number of hydrogen-bond donors (Lipinski definition) is 1. The first-order valence-electron chi connectivity index (χ1n) is 7.10. The Morgan fingerprint density at radius 2 is 2.10 bits per heavy atom. The summed E-state index contributed by atoms with van der Waals surface area (Å²) in [5.74, 6) is 0. The predicted molar refractivity (Wildman–Crippen MR) is 77.8 cm³/mol. The minimum absolute atomic E-state index is 0.0262. The monoisotopic (exact) mass is 300 g/mol. The zero-order valence-corrected chi connectivity index (χ0v) is 13.3. The van der Waals surface area contributed by atoms with Crippen LogP contribution >= 0.6 is 0 Å². The van der Waals surface area contributed by atoms with Crippen LogP contribution in [0, 0.1) is 5.41 Å². The van der Waals surface area contributed by atoms with Crippen LogP contribution in [0.2, 0.25) is 0 Å². The molecule has 5 nitrogen and oxygen atoms in total. The Morgan fingerprint density at radius 1 is 1.40 bits per heavy atom. The van der Waals surface area contributed by atoms with E-state index in [2.05, 4.69) is 13.8 Å². The van der Waals surface area contributed by atoms with Gasteiger partial charge in [-0.15, -0.1) is 0 Å². The Balaban J connectivity index is 2.32. The van der Waals surface area contributed by atoms with Gasteiger partial charge in [0.25, 0.3) is 0 Å². The lowest BCUT2D eigenvalue weighted by Crippen LogP contribution is -2.43. The molecule has 6 heteroatoms. The Kier molecular flexibility index (Phi) is 4.27. The van der Waals surface area contributed by atoms with Crippen LogP contribution in [-0.4, -0.2) is 35.5 Å². The molecule has 1 aromatic rings. The second-order valence-electron chi connectivity index (χ2n) is 6.22. The predicted octanol–water partition coefficient (Wildman–Crippen LogP) is 1.81. The van der Waals surface area contributed by atoms with Crippen molar-refractivity contribution in [1.82, 2.24) is 8.87 Å². The van der Waals surface area contributed by atoms with Crippen LogP contribution in [0.3, 0.4) is 0 Å². The molecule has 20 heavy (non-hydrogen) atoms. The van der Waals surface area contributed by atoms with Crippen LogP contribution in [0.1, 0.15) is 39.3 Å². The number of aliphatic hydroxyl groups is 1. The molecule has 114 valence electrons. The van der Waals surface area contributed by atoms with Gasteiger partial charge in [0.15, 0.2) is 0 Å². The highest BCUT2D eigenvalue weighted by atomic mass is 32.2. The lowest BCUT2D eigenvalue weighted by molar-refractivity contribution is 0.187. The molecule has 1 aliphatic rings. The normalized spacial score (nSPS) is 20.2. The molecule has 0 aliphatic carbocycles. The zero-order chi connectivity index (χ0) is 15.0. The van der Waals surface area contributed by atoms with E-state index in [0.717, 1.165) is 12.8 Å². The number of aromatic nitrogens is 1. The Morgan fingerprint density at radius 3 is 2.60 bits per heavy atom. The maximum Gasteiger partial charge on any atom is 0.244 e. The van der Waals surface area contributed by atoms with E-state index < -0.39 is 10.0 Å². The molecule has 0 amide bonds. The molecular weight excluding hydrogens is 276 g/mol. The van der Waals surface area contributed by atoms with Gasteiger partial charge in [0, 0.05) is 31.5 Å². The standard InChI is InChI=1S/C14H24N2O3S/c1-4-15-9-13(8-12(15)10-17)20(18,19)16-7-5-6-14(2,3)11-16/h8-9,17H,4-7,10-11H2,1-3H3. The van der Waals surface area contributed by atoms with Crippen LogP contribution in [-0.2, 0) is 23.2 Å². The largest absolute Gasteiger partial charge is 0.390 e. The Hall–Kier alpha value is -0.850. The van der Waals surface area contributed by atoms with Crippen molar-refractivity contribution in [3.8, 4) is 0 Å².